The summed E-state index contributed by atoms with van der Waals surface area (Å²) in [7, 11) is 0. The molecule has 0 unspecified atom stereocenters. The Balaban J connectivity index is 1.47. The van der Waals surface area contributed by atoms with Crippen molar-refractivity contribution in [2.24, 2.45) is 10.9 Å². The van der Waals surface area contributed by atoms with Crippen molar-refractivity contribution in [1.29, 1.82) is 0 Å². The highest BCUT2D eigenvalue weighted by molar-refractivity contribution is 7.22. The summed E-state index contributed by atoms with van der Waals surface area (Å²) in [4.78, 5) is 16.9. The Labute approximate surface area is 197 Å². The van der Waals surface area contributed by atoms with Crippen LogP contribution in [0.5, 0.6) is 0 Å². The minimum atomic E-state index is 0.301. The number of nitrogens with one attached hydrogen (secondary N) is 1. The maximum Gasteiger partial charge on any atom is 0.221 e. The molecule has 0 aliphatic carbocycles. The van der Waals surface area contributed by atoms with E-state index in [4.69, 9.17) is 5.73 Å². The highest BCUT2D eigenvalue weighted by Gasteiger charge is 2.23. The Kier molecular flexibility index (Phi) is 5.28. The molecule has 166 valence electrons. The summed E-state index contributed by atoms with van der Waals surface area (Å²) >= 11 is 1.84. The van der Waals surface area contributed by atoms with E-state index in [0.717, 1.165) is 50.5 Å². The number of thiophene rings is 1. The highest BCUT2D eigenvalue weighted by Crippen LogP contribution is 2.41. The lowest BCUT2D eigenvalue weighted by Crippen LogP contribution is -2.34. The van der Waals surface area contributed by atoms with Crippen molar-refractivity contribution in [2.75, 3.05) is 30.3 Å². The van der Waals surface area contributed by atoms with E-state index in [1.165, 1.54) is 31.7 Å². The number of nitrogens with zero attached hydrogens (tertiary/aromatic N) is 4. The quantitative estimate of drug-likeness (QED) is 0.443. The third kappa shape index (κ3) is 3.98. The maximum atomic E-state index is 5.98. The summed E-state index contributed by atoms with van der Waals surface area (Å²) in [5, 5.41) is 4.76. The molecule has 4 heterocycles. The van der Waals surface area contributed by atoms with Crippen molar-refractivity contribution in [3.05, 3.63) is 65.9 Å². The molecule has 0 bridgehead atoms. The zero-order valence-electron chi connectivity index (χ0n) is 18.4. The van der Waals surface area contributed by atoms with Crippen molar-refractivity contribution < 1.29 is 0 Å². The van der Waals surface area contributed by atoms with Gasteiger partial charge in [0.1, 0.15) is 5.82 Å². The molecule has 0 radical (unpaired) electrons. The van der Waals surface area contributed by atoms with Crippen LogP contribution in [0.2, 0.25) is 0 Å². The molecular formula is C26H26N6S. The van der Waals surface area contributed by atoms with Gasteiger partial charge in [-0.2, -0.15) is 4.98 Å². The lowest BCUT2D eigenvalue weighted by Gasteiger charge is -2.31. The molecule has 1 fully saturated rings. The summed E-state index contributed by atoms with van der Waals surface area (Å²) in [6, 6.07) is 17.4. The Morgan fingerprint density at radius 2 is 1.97 bits per heavy atom. The Bertz CT molecular complexity index is 1300. The normalized spacial score (nSPS) is 15.8. The molecule has 2 aliphatic rings. The van der Waals surface area contributed by atoms with Crippen LogP contribution < -0.4 is 16.0 Å². The molecule has 0 amide bonds. The molecule has 7 heteroatoms. The summed E-state index contributed by atoms with van der Waals surface area (Å²) in [5.41, 5.74) is 10.9. The third-order valence-electron chi connectivity index (χ3n) is 6.59. The molecule has 3 N–H and O–H groups in total. The fourth-order valence-electron chi connectivity index (χ4n) is 4.86. The number of fused-ring (bicyclic) bond motifs is 2. The molecule has 0 saturated carbocycles. The van der Waals surface area contributed by atoms with Crippen LogP contribution >= 0.6 is 11.3 Å². The van der Waals surface area contributed by atoms with E-state index in [2.05, 4.69) is 67.6 Å². The van der Waals surface area contributed by atoms with E-state index >= 15 is 0 Å². The van der Waals surface area contributed by atoms with Crippen molar-refractivity contribution in [2.45, 2.75) is 19.4 Å². The van der Waals surface area contributed by atoms with Gasteiger partial charge in [-0.05, 0) is 78.7 Å². The van der Waals surface area contributed by atoms with E-state index < -0.39 is 0 Å². The molecule has 0 spiro atoms. The topological polar surface area (TPSA) is 79.4 Å². The van der Waals surface area contributed by atoms with Gasteiger partial charge in [-0.15, -0.1) is 11.3 Å². The zero-order valence-corrected chi connectivity index (χ0v) is 19.2. The molecule has 6 rings (SSSR count). The van der Waals surface area contributed by atoms with Crippen LogP contribution in [0.25, 0.3) is 20.5 Å². The van der Waals surface area contributed by atoms with Gasteiger partial charge < -0.3 is 16.0 Å². The number of piperidine rings is 1. The second kappa shape index (κ2) is 8.57. The van der Waals surface area contributed by atoms with E-state index in [-0.39, 0.29) is 0 Å². The van der Waals surface area contributed by atoms with Crippen LogP contribution in [-0.4, -0.2) is 35.8 Å². The Morgan fingerprint density at radius 1 is 1.09 bits per heavy atom. The van der Waals surface area contributed by atoms with Gasteiger partial charge in [0.05, 0.1) is 6.54 Å². The van der Waals surface area contributed by atoms with Gasteiger partial charge in [0.2, 0.25) is 5.95 Å². The maximum absolute atomic E-state index is 5.98. The van der Waals surface area contributed by atoms with Gasteiger partial charge in [-0.3, -0.25) is 4.99 Å². The average molecular weight is 455 g/mol. The Morgan fingerprint density at radius 3 is 2.82 bits per heavy atom. The lowest BCUT2D eigenvalue weighted by atomic mass is 9.96. The minimum absolute atomic E-state index is 0.301. The van der Waals surface area contributed by atoms with Crippen LogP contribution in [0, 0.1) is 5.92 Å². The minimum Gasteiger partial charge on any atom is -0.368 e. The van der Waals surface area contributed by atoms with Gasteiger partial charge in [-0.25, -0.2) is 4.98 Å². The molecule has 33 heavy (non-hydrogen) atoms. The van der Waals surface area contributed by atoms with Gasteiger partial charge in [0, 0.05) is 39.8 Å². The Hall–Kier alpha value is -3.29. The molecule has 4 aromatic rings. The van der Waals surface area contributed by atoms with Crippen LogP contribution in [-0.2, 0) is 6.54 Å². The molecule has 2 aromatic heterocycles. The number of benzene rings is 2. The predicted octanol–water partition coefficient (Wildman–Crippen LogP) is 5.01. The van der Waals surface area contributed by atoms with Gasteiger partial charge in [0.15, 0.2) is 0 Å². The first-order valence-electron chi connectivity index (χ1n) is 11.5. The second-order valence-electron chi connectivity index (χ2n) is 8.76. The predicted molar refractivity (Wildman–Crippen MR) is 138 cm³/mol. The number of nitrogens with two attached hydrogens (primary N) is 1. The SMILES string of the molecule is Nc1nccc(N(CC2CCNCC2)c2cc3c(c(-c4cc5ccccc5s4)c2)CN=C3)n1. The molecule has 2 aliphatic heterocycles. The van der Waals surface area contributed by atoms with Crippen molar-refractivity contribution in [1.82, 2.24) is 15.3 Å². The summed E-state index contributed by atoms with van der Waals surface area (Å²) < 4.78 is 1.31. The van der Waals surface area contributed by atoms with E-state index in [0.29, 0.717) is 11.9 Å². The first-order chi connectivity index (χ1) is 16.2. The monoisotopic (exact) mass is 454 g/mol. The number of nitrogen functional groups attached to an aromatic ring is 1. The second-order valence-corrected chi connectivity index (χ2v) is 9.84. The number of rotatable bonds is 5. The standard InChI is InChI=1S/C26H26N6S/c27-26-30-10-7-25(31-26)32(16-17-5-8-28-9-6-17)20-11-19-14-29-15-22(19)21(13-20)24-12-18-3-1-2-4-23(18)33-24/h1-4,7,10-14,17,28H,5-6,8-9,15-16H2,(H2,27,30,31). The number of hydrogen-bond donors (Lipinski definition) is 2. The fraction of sp³-hybridized carbons (Fsp3) is 0.269. The zero-order chi connectivity index (χ0) is 22.2. The van der Waals surface area contributed by atoms with Crippen molar-refractivity contribution in [3.8, 4) is 10.4 Å². The largest absolute Gasteiger partial charge is 0.368 e. The van der Waals surface area contributed by atoms with E-state index in [1.54, 1.807) is 6.20 Å². The van der Waals surface area contributed by atoms with Crippen LogP contribution in [0.4, 0.5) is 17.5 Å². The van der Waals surface area contributed by atoms with Gasteiger partial charge >= 0.3 is 0 Å². The number of aromatic nitrogens is 2. The molecule has 0 atom stereocenters. The van der Waals surface area contributed by atoms with Crippen LogP contribution in [0.1, 0.15) is 24.0 Å². The highest BCUT2D eigenvalue weighted by atomic mass is 32.1. The van der Waals surface area contributed by atoms with Crippen molar-refractivity contribution in [3.63, 3.8) is 0 Å². The molecule has 1 saturated heterocycles. The van der Waals surface area contributed by atoms with Crippen LogP contribution in [0.15, 0.2) is 59.7 Å². The molecular weight excluding hydrogens is 428 g/mol. The van der Waals surface area contributed by atoms with E-state index in [1.807, 2.05) is 23.6 Å². The smallest absolute Gasteiger partial charge is 0.221 e. The van der Waals surface area contributed by atoms with Gasteiger partial charge in [0.25, 0.3) is 0 Å². The number of anilines is 3. The number of aliphatic imine (C=N–C) groups is 1. The molecule has 2 aromatic carbocycles. The summed E-state index contributed by atoms with van der Waals surface area (Å²) in [6.45, 7) is 3.76. The van der Waals surface area contributed by atoms with Crippen LogP contribution in [0.3, 0.4) is 0 Å². The summed E-state index contributed by atoms with van der Waals surface area (Å²) in [5.74, 6) is 1.74. The average Bonchev–Trinajstić information content (AvgIpc) is 3.49. The summed E-state index contributed by atoms with van der Waals surface area (Å²) in [6.07, 6.45) is 6.07. The van der Waals surface area contributed by atoms with Crippen molar-refractivity contribution >= 4 is 45.1 Å². The lowest BCUT2D eigenvalue weighted by molar-refractivity contribution is 0.380. The number of hydrogen-bond acceptors (Lipinski definition) is 7. The first kappa shape index (κ1) is 20.3. The fourth-order valence-corrected chi connectivity index (χ4v) is 5.97. The molecule has 6 nitrogen and oxygen atoms in total. The third-order valence-corrected chi connectivity index (χ3v) is 7.74. The van der Waals surface area contributed by atoms with Gasteiger partial charge in [-0.1, -0.05) is 18.2 Å². The first-order valence-corrected chi connectivity index (χ1v) is 12.3. The van der Waals surface area contributed by atoms with E-state index in [9.17, 15) is 0 Å².